The van der Waals surface area contributed by atoms with Crippen LogP contribution in [-0.4, -0.2) is 72.4 Å². The topological polar surface area (TPSA) is 82.5 Å². The van der Waals surface area contributed by atoms with Gasteiger partial charge in [0.2, 0.25) is 17.8 Å². The van der Waals surface area contributed by atoms with Crippen LogP contribution in [-0.2, 0) is 10.9 Å². The number of hydrogen-bond acceptors (Lipinski definition) is 9. The van der Waals surface area contributed by atoms with E-state index < -0.39 is 11.7 Å². The third kappa shape index (κ3) is 5.43. The lowest BCUT2D eigenvalue weighted by Gasteiger charge is -2.36. The number of aryl methyl sites for hydroxylation is 1. The quantitative estimate of drug-likeness (QED) is 0.566. The molecule has 0 unspecified atom stereocenters. The molecule has 5 rings (SSSR count). The Morgan fingerprint density at radius 3 is 2.06 bits per heavy atom. The van der Waals surface area contributed by atoms with Gasteiger partial charge >= 0.3 is 6.18 Å². The number of halogens is 3. The number of piperazine rings is 1. The average molecular weight is 501 g/mol. The fraction of sp³-hybridized carbons (Fsp3) is 0.417. The van der Waals surface area contributed by atoms with Crippen LogP contribution in [0.25, 0.3) is 0 Å². The van der Waals surface area contributed by atoms with Gasteiger partial charge in [0.15, 0.2) is 0 Å². The largest absolute Gasteiger partial charge is 0.419 e. The highest BCUT2D eigenvalue weighted by atomic mass is 19.4. The Morgan fingerprint density at radius 1 is 0.806 bits per heavy atom. The van der Waals surface area contributed by atoms with Crippen molar-refractivity contribution >= 4 is 29.4 Å². The minimum atomic E-state index is -4.46. The number of alkyl halides is 3. The summed E-state index contributed by atoms with van der Waals surface area (Å²) in [5.41, 5.74) is 1.27. The Kier molecular flexibility index (Phi) is 6.77. The van der Waals surface area contributed by atoms with E-state index in [1.54, 1.807) is 4.90 Å². The van der Waals surface area contributed by atoms with Gasteiger partial charge in [-0.1, -0.05) is 17.7 Å². The van der Waals surface area contributed by atoms with Crippen LogP contribution < -0.4 is 20.0 Å². The smallest absolute Gasteiger partial charge is 0.378 e. The third-order valence-electron chi connectivity index (χ3n) is 6.17. The van der Waals surface area contributed by atoms with Crippen LogP contribution in [0, 0.1) is 6.92 Å². The molecular formula is C24H27F3N8O. The number of hydrogen-bond donors (Lipinski definition) is 1. The van der Waals surface area contributed by atoms with E-state index in [9.17, 15) is 13.2 Å². The van der Waals surface area contributed by atoms with Crippen molar-refractivity contribution in [2.24, 2.45) is 0 Å². The summed E-state index contributed by atoms with van der Waals surface area (Å²) in [5.74, 6) is 1.40. The van der Waals surface area contributed by atoms with Gasteiger partial charge in [-0.05, 0) is 31.2 Å². The molecule has 2 aromatic heterocycles. The monoisotopic (exact) mass is 500 g/mol. The highest BCUT2D eigenvalue weighted by Gasteiger charge is 2.36. The predicted octanol–water partition coefficient (Wildman–Crippen LogP) is 3.50. The van der Waals surface area contributed by atoms with E-state index in [0.29, 0.717) is 70.3 Å². The average Bonchev–Trinajstić information content (AvgIpc) is 2.90. The van der Waals surface area contributed by atoms with E-state index in [-0.39, 0.29) is 5.82 Å². The minimum Gasteiger partial charge on any atom is -0.378 e. The van der Waals surface area contributed by atoms with Gasteiger partial charge in [0, 0.05) is 51.2 Å². The molecule has 0 amide bonds. The molecule has 12 heteroatoms. The molecule has 0 atom stereocenters. The van der Waals surface area contributed by atoms with Crippen LogP contribution in [0.1, 0.15) is 11.1 Å². The molecule has 1 aromatic carbocycles. The second-order valence-corrected chi connectivity index (χ2v) is 8.70. The molecular weight excluding hydrogens is 473 g/mol. The second kappa shape index (κ2) is 10.1. The third-order valence-corrected chi connectivity index (χ3v) is 6.17. The van der Waals surface area contributed by atoms with E-state index >= 15 is 0 Å². The number of aromatic nitrogens is 4. The molecule has 0 radical (unpaired) electrons. The molecule has 0 spiro atoms. The van der Waals surface area contributed by atoms with Gasteiger partial charge in [-0.15, -0.1) is 0 Å². The lowest BCUT2D eigenvalue weighted by molar-refractivity contribution is -0.137. The molecule has 0 aliphatic carbocycles. The van der Waals surface area contributed by atoms with Gasteiger partial charge in [-0.2, -0.15) is 28.1 Å². The van der Waals surface area contributed by atoms with Gasteiger partial charge in [-0.25, -0.2) is 4.98 Å². The molecule has 0 saturated carbocycles. The van der Waals surface area contributed by atoms with Crippen LogP contribution in [0.2, 0.25) is 0 Å². The molecule has 0 bridgehead atoms. The summed E-state index contributed by atoms with van der Waals surface area (Å²) >= 11 is 0. The summed E-state index contributed by atoms with van der Waals surface area (Å²) < 4.78 is 45.9. The van der Waals surface area contributed by atoms with E-state index in [2.05, 4.69) is 25.2 Å². The minimum absolute atomic E-state index is 0.0453. The Morgan fingerprint density at radius 2 is 1.42 bits per heavy atom. The summed E-state index contributed by atoms with van der Waals surface area (Å²) in [6.07, 6.45) is -3.07. The van der Waals surface area contributed by atoms with Crippen molar-refractivity contribution in [3.63, 3.8) is 0 Å². The van der Waals surface area contributed by atoms with Gasteiger partial charge in [0.25, 0.3) is 0 Å². The highest BCUT2D eigenvalue weighted by molar-refractivity contribution is 5.57. The van der Waals surface area contributed by atoms with E-state index in [4.69, 9.17) is 9.72 Å². The van der Waals surface area contributed by atoms with Crippen LogP contribution in [0.5, 0.6) is 0 Å². The number of anilines is 5. The number of nitrogens with one attached hydrogen (secondary N) is 1. The zero-order valence-electron chi connectivity index (χ0n) is 19.9. The molecule has 2 aliphatic heterocycles. The lowest BCUT2D eigenvalue weighted by atomic mass is 10.2. The first-order valence-electron chi connectivity index (χ1n) is 11.8. The maximum absolute atomic E-state index is 13.5. The van der Waals surface area contributed by atoms with Crippen molar-refractivity contribution in [2.75, 3.05) is 72.5 Å². The maximum atomic E-state index is 13.5. The molecule has 2 aliphatic rings. The number of nitrogens with zero attached hydrogens (tertiary/aromatic N) is 7. The fourth-order valence-corrected chi connectivity index (χ4v) is 4.21. The summed E-state index contributed by atoms with van der Waals surface area (Å²) in [4.78, 5) is 23.7. The molecule has 1 N–H and O–H groups in total. The van der Waals surface area contributed by atoms with E-state index in [1.807, 2.05) is 36.1 Å². The number of benzene rings is 1. The fourth-order valence-electron chi connectivity index (χ4n) is 4.21. The van der Waals surface area contributed by atoms with Crippen molar-refractivity contribution in [2.45, 2.75) is 13.1 Å². The second-order valence-electron chi connectivity index (χ2n) is 8.70. The van der Waals surface area contributed by atoms with Crippen molar-refractivity contribution < 1.29 is 17.9 Å². The first-order chi connectivity index (χ1) is 17.4. The zero-order chi connectivity index (χ0) is 25.1. The lowest BCUT2D eigenvalue weighted by Crippen LogP contribution is -2.48. The molecule has 2 fully saturated rings. The van der Waals surface area contributed by atoms with Crippen molar-refractivity contribution in [3.05, 3.63) is 53.7 Å². The molecule has 2 saturated heterocycles. The van der Waals surface area contributed by atoms with Crippen molar-refractivity contribution in [3.8, 4) is 0 Å². The van der Waals surface area contributed by atoms with Crippen LogP contribution in [0.4, 0.5) is 42.5 Å². The van der Waals surface area contributed by atoms with Crippen LogP contribution in [0.3, 0.4) is 0 Å². The van der Waals surface area contributed by atoms with Crippen molar-refractivity contribution in [1.29, 1.82) is 0 Å². The summed E-state index contributed by atoms with van der Waals surface area (Å²) in [6, 6.07) is 10.3. The highest BCUT2D eigenvalue weighted by Crippen LogP contribution is 2.35. The normalized spacial score (nSPS) is 16.8. The first kappa shape index (κ1) is 24.0. The molecule has 190 valence electrons. The summed E-state index contributed by atoms with van der Waals surface area (Å²) in [6.45, 7) is 6.15. The van der Waals surface area contributed by atoms with Gasteiger partial charge < -0.3 is 24.8 Å². The Balaban J connectivity index is 1.37. The number of ether oxygens (including phenoxy) is 1. The molecule has 36 heavy (non-hydrogen) atoms. The standard InChI is InChI=1S/C24H27F3N8O/c1-17-4-6-18(7-5-17)29-21-30-22(32-23(31-21)35-13-15-36-16-14-35)34-11-9-33(10-12-34)20-19(24(25,26)27)3-2-8-28-20/h2-8H,9-16H2,1H3,(H,29,30,31,32). The SMILES string of the molecule is Cc1ccc(Nc2nc(N3CCOCC3)nc(N3CCN(c4ncccc4C(F)(F)F)CC3)n2)cc1. The molecule has 3 aromatic rings. The molecule has 4 heterocycles. The number of pyridine rings is 1. The number of morpholine rings is 1. The summed E-state index contributed by atoms with van der Waals surface area (Å²) in [5, 5.41) is 3.26. The zero-order valence-corrected chi connectivity index (χ0v) is 19.9. The van der Waals surface area contributed by atoms with Crippen molar-refractivity contribution in [1.82, 2.24) is 19.9 Å². The number of rotatable bonds is 5. The summed E-state index contributed by atoms with van der Waals surface area (Å²) in [7, 11) is 0. The Bertz CT molecular complexity index is 1180. The van der Waals surface area contributed by atoms with E-state index in [0.717, 1.165) is 17.3 Å². The van der Waals surface area contributed by atoms with Gasteiger partial charge in [0.05, 0.1) is 18.8 Å². The Labute approximate surface area is 207 Å². The van der Waals surface area contributed by atoms with Crippen LogP contribution >= 0.6 is 0 Å². The van der Waals surface area contributed by atoms with Gasteiger partial charge in [0.1, 0.15) is 5.82 Å². The Hall–Kier alpha value is -3.67. The predicted molar refractivity (Wildman–Crippen MR) is 131 cm³/mol. The van der Waals surface area contributed by atoms with Crippen LogP contribution in [0.15, 0.2) is 42.6 Å². The maximum Gasteiger partial charge on any atom is 0.419 e. The first-order valence-corrected chi connectivity index (χ1v) is 11.8. The van der Waals surface area contributed by atoms with E-state index in [1.165, 1.54) is 12.3 Å². The van der Waals surface area contributed by atoms with Gasteiger partial charge in [-0.3, -0.25) is 0 Å². The molecule has 9 nitrogen and oxygen atoms in total.